The first kappa shape index (κ1) is 23.4. The molecule has 0 aliphatic carbocycles. The number of hydrogen-bond donors (Lipinski definition) is 0. The highest BCUT2D eigenvalue weighted by Gasteiger charge is 2.33. The molecule has 0 bridgehead atoms. The smallest absolute Gasteiger partial charge is 0.270 e. The second kappa shape index (κ2) is 10.0. The molecule has 1 amide bonds. The van der Waals surface area contributed by atoms with Gasteiger partial charge in [-0.1, -0.05) is 88.6 Å². The number of rotatable bonds is 5. The van der Waals surface area contributed by atoms with Crippen LogP contribution in [0.1, 0.15) is 11.1 Å². The van der Waals surface area contributed by atoms with Crippen molar-refractivity contribution in [3.8, 4) is 5.75 Å². The second-order valence-electron chi connectivity index (χ2n) is 6.71. The highest BCUT2D eigenvalue weighted by atomic mass is 35.5. The third kappa shape index (κ3) is 5.25. The van der Waals surface area contributed by atoms with Crippen molar-refractivity contribution >= 4 is 92.4 Å². The van der Waals surface area contributed by atoms with E-state index in [1.54, 1.807) is 36.4 Å². The molecule has 0 spiro atoms. The zero-order chi connectivity index (χ0) is 22.8. The lowest BCUT2D eigenvalue weighted by molar-refractivity contribution is -0.113. The molecule has 0 unspecified atom stereocenters. The molecule has 4 rings (SSSR count). The molecule has 3 aromatic rings. The number of thiocarbonyl (C=S) groups is 1. The van der Waals surface area contributed by atoms with Crippen LogP contribution in [0.25, 0.3) is 6.08 Å². The molecule has 0 saturated carbocycles. The third-order valence-corrected chi connectivity index (χ3v) is 7.17. The first-order valence-corrected chi connectivity index (χ1v) is 12.0. The normalized spacial score (nSPS) is 15.0. The maximum Gasteiger partial charge on any atom is 0.270 e. The molecule has 1 fully saturated rings. The van der Waals surface area contributed by atoms with E-state index in [1.165, 1.54) is 16.7 Å². The van der Waals surface area contributed by atoms with Crippen LogP contribution in [0.3, 0.4) is 0 Å². The Morgan fingerprint density at radius 3 is 2.34 bits per heavy atom. The van der Waals surface area contributed by atoms with E-state index in [-0.39, 0.29) is 5.91 Å². The number of amides is 1. The molecule has 1 aliphatic rings. The molecule has 9 heteroatoms. The minimum absolute atomic E-state index is 0.212. The standard InChI is InChI=1S/C23H13Cl4NO2S2/c24-15-4-3-14(19(26)10-15)12-30-17-6-1-13(2-7-17)9-21-22(29)28(23(31)32-21)16-5-8-18(25)20(27)11-16/h1-11H,12H2/b21-9-. The Labute approximate surface area is 214 Å². The summed E-state index contributed by atoms with van der Waals surface area (Å²) in [6.07, 6.45) is 1.79. The van der Waals surface area contributed by atoms with Crippen molar-refractivity contribution in [2.24, 2.45) is 0 Å². The summed E-state index contributed by atoms with van der Waals surface area (Å²) in [5.74, 6) is 0.465. The van der Waals surface area contributed by atoms with Gasteiger partial charge in [0.05, 0.1) is 20.6 Å². The molecule has 1 aliphatic heterocycles. The van der Waals surface area contributed by atoms with Gasteiger partial charge < -0.3 is 4.74 Å². The molecule has 3 aromatic carbocycles. The van der Waals surface area contributed by atoms with Crippen LogP contribution in [0, 0.1) is 0 Å². The van der Waals surface area contributed by atoms with Crippen LogP contribution in [0.2, 0.25) is 20.1 Å². The summed E-state index contributed by atoms with van der Waals surface area (Å²) in [7, 11) is 0. The molecule has 0 aromatic heterocycles. The fourth-order valence-electron chi connectivity index (χ4n) is 2.93. The van der Waals surface area contributed by atoms with Gasteiger partial charge in [0.1, 0.15) is 12.4 Å². The average molecular weight is 541 g/mol. The number of hydrogen-bond acceptors (Lipinski definition) is 4. The lowest BCUT2D eigenvalue weighted by Crippen LogP contribution is -2.27. The van der Waals surface area contributed by atoms with E-state index in [9.17, 15) is 4.79 Å². The number of carbonyl (C=O) groups excluding carboxylic acids is 1. The first-order valence-electron chi connectivity index (χ1n) is 9.21. The number of benzene rings is 3. The fraction of sp³-hybridized carbons (Fsp3) is 0.0435. The third-order valence-electron chi connectivity index (χ3n) is 4.54. The van der Waals surface area contributed by atoms with Crippen LogP contribution < -0.4 is 9.64 Å². The fourth-order valence-corrected chi connectivity index (χ4v) is 4.98. The molecule has 3 nitrogen and oxygen atoms in total. The number of thioether (sulfide) groups is 1. The van der Waals surface area contributed by atoms with Crippen molar-refractivity contribution in [3.05, 3.63) is 96.8 Å². The molecule has 162 valence electrons. The van der Waals surface area contributed by atoms with Crippen molar-refractivity contribution in [3.63, 3.8) is 0 Å². The van der Waals surface area contributed by atoms with Crippen LogP contribution in [0.15, 0.2) is 65.6 Å². The second-order valence-corrected chi connectivity index (χ2v) is 10.0. The molecule has 0 radical (unpaired) electrons. The molecule has 1 saturated heterocycles. The lowest BCUT2D eigenvalue weighted by atomic mass is 10.2. The van der Waals surface area contributed by atoms with Gasteiger partial charge in [-0.05, 0) is 54.1 Å². The predicted octanol–water partition coefficient (Wildman–Crippen LogP) is 8.29. The van der Waals surface area contributed by atoms with Crippen LogP contribution in [0.4, 0.5) is 5.69 Å². The Kier molecular flexibility index (Phi) is 7.35. The Morgan fingerprint density at radius 1 is 0.906 bits per heavy atom. The van der Waals surface area contributed by atoms with Gasteiger partial charge in [0, 0.05) is 15.6 Å². The number of halogens is 4. The van der Waals surface area contributed by atoms with Crippen molar-refractivity contribution in [2.45, 2.75) is 6.61 Å². The molecular weight excluding hydrogens is 528 g/mol. The lowest BCUT2D eigenvalue weighted by Gasteiger charge is -2.15. The zero-order valence-corrected chi connectivity index (χ0v) is 20.8. The molecule has 0 N–H and O–H groups in total. The summed E-state index contributed by atoms with van der Waals surface area (Å²) in [6.45, 7) is 0.317. The van der Waals surface area contributed by atoms with Gasteiger partial charge in [-0.15, -0.1) is 0 Å². The summed E-state index contributed by atoms with van der Waals surface area (Å²) in [6, 6.07) is 17.6. The highest BCUT2D eigenvalue weighted by Crippen LogP contribution is 2.38. The summed E-state index contributed by atoms with van der Waals surface area (Å²) in [5, 5.41) is 1.90. The van der Waals surface area contributed by atoms with Crippen LogP contribution in [-0.2, 0) is 11.4 Å². The van der Waals surface area contributed by atoms with Gasteiger partial charge in [-0.2, -0.15) is 0 Å². The average Bonchev–Trinajstić information content (AvgIpc) is 3.03. The van der Waals surface area contributed by atoms with E-state index in [1.807, 2.05) is 30.3 Å². The monoisotopic (exact) mass is 539 g/mol. The minimum atomic E-state index is -0.212. The maximum atomic E-state index is 12.9. The molecule has 1 heterocycles. The van der Waals surface area contributed by atoms with E-state index in [0.29, 0.717) is 47.4 Å². The maximum absolute atomic E-state index is 12.9. The predicted molar refractivity (Wildman–Crippen MR) is 139 cm³/mol. The molecule has 32 heavy (non-hydrogen) atoms. The number of nitrogens with zero attached hydrogens (tertiary/aromatic N) is 1. The van der Waals surface area contributed by atoms with Gasteiger partial charge in [-0.25, -0.2) is 0 Å². The van der Waals surface area contributed by atoms with E-state index in [4.69, 9.17) is 63.4 Å². The van der Waals surface area contributed by atoms with Gasteiger partial charge in [0.2, 0.25) is 0 Å². The number of ether oxygens (including phenoxy) is 1. The number of carbonyl (C=O) groups is 1. The summed E-state index contributed by atoms with van der Waals surface area (Å²) >= 11 is 30.8. The topological polar surface area (TPSA) is 29.5 Å². The van der Waals surface area contributed by atoms with Crippen LogP contribution >= 0.6 is 70.4 Å². The van der Waals surface area contributed by atoms with Crippen molar-refractivity contribution in [1.29, 1.82) is 0 Å². The van der Waals surface area contributed by atoms with Crippen LogP contribution in [0.5, 0.6) is 5.75 Å². The van der Waals surface area contributed by atoms with E-state index >= 15 is 0 Å². The first-order chi connectivity index (χ1) is 15.3. The molecule has 0 atom stereocenters. The van der Waals surface area contributed by atoms with Gasteiger partial charge in [-0.3, -0.25) is 9.69 Å². The van der Waals surface area contributed by atoms with E-state index in [0.717, 1.165) is 11.1 Å². The van der Waals surface area contributed by atoms with E-state index < -0.39 is 0 Å². The van der Waals surface area contributed by atoms with Gasteiger partial charge >= 0.3 is 0 Å². The van der Waals surface area contributed by atoms with Crippen LogP contribution in [-0.4, -0.2) is 10.2 Å². The van der Waals surface area contributed by atoms with Gasteiger partial charge in [0.15, 0.2) is 4.32 Å². The Balaban J connectivity index is 1.46. The SMILES string of the molecule is O=C1/C(=C/c2ccc(OCc3ccc(Cl)cc3Cl)cc2)SC(=S)N1c1ccc(Cl)c(Cl)c1. The quantitative estimate of drug-likeness (QED) is 0.240. The van der Waals surface area contributed by atoms with E-state index in [2.05, 4.69) is 0 Å². The number of anilines is 1. The minimum Gasteiger partial charge on any atom is -0.489 e. The van der Waals surface area contributed by atoms with Crippen molar-refractivity contribution in [2.75, 3.05) is 4.90 Å². The Bertz CT molecular complexity index is 1250. The summed E-state index contributed by atoms with van der Waals surface area (Å²) in [4.78, 5) is 14.9. The molecular formula is C23H13Cl4NO2S2. The Hall–Kier alpha value is -1.73. The Morgan fingerprint density at radius 2 is 1.66 bits per heavy atom. The summed E-state index contributed by atoms with van der Waals surface area (Å²) < 4.78 is 6.23. The van der Waals surface area contributed by atoms with Gasteiger partial charge in [0.25, 0.3) is 5.91 Å². The zero-order valence-electron chi connectivity index (χ0n) is 16.2. The summed E-state index contributed by atoms with van der Waals surface area (Å²) in [5.41, 5.74) is 2.26. The highest BCUT2D eigenvalue weighted by molar-refractivity contribution is 8.27. The largest absolute Gasteiger partial charge is 0.489 e. The van der Waals surface area contributed by atoms with Crippen molar-refractivity contribution in [1.82, 2.24) is 0 Å². The van der Waals surface area contributed by atoms with Crippen molar-refractivity contribution < 1.29 is 9.53 Å².